The first-order chi connectivity index (χ1) is 28.7. The highest BCUT2D eigenvalue weighted by Gasteiger charge is 2.20. The second kappa shape index (κ2) is 15.4. The molecular weight excluding hydrogens is 703 g/mol. The van der Waals surface area contributed by atoms with Crippen LogP contribution in [0.3, 0.4) is 0 Å². The maximum Gasteiger partial charge on any atom is 0.164 e. The molecule has 10 aromatic rings. The standard InChI is InChI=1S/C55H37N3/c1-4-13-38(14-5-1)42-23-30-45(31-24-42)52-50(49-36-29-41-19-10-11-20-48(41)37-49)21-12-22-51(52)55-57-53(46-32-25-43(26-33-46)39-15-6-2-7-16-39)56-54(58-55)47-34-27-44(28-35-47)40-17-8-3-9-18-40/h1-37H. The van der Waals surface area contributed by atoms with Crippen LogP contribution < -0.4 is 0 Å². The quantitative estimate of drug-likeness (QED) is 0.156. The Morgan fingerprint density at radius 3 is 1.07 bits per heavy atom. The fraction of sp³-hybridized carbons (Fsp3) is 0. The molecule has 0 aliphatic carbocycles. The molecule has 272 valence electrons. The number of rotatable bonds is 8. The van der Waals surface area contributed by atoms with E-state index in [-0.39, 0.29) is 0 Å². The van der Waals surface area contributed by atoms with Crippen LogP contribution in [0.5, 0.6) is 0 Å². The summed E-state index contributed by atoms with van der Waals surface area (Å²) in [6.07, 6.45) is 0. The number of nitrogens with zero attached hydrogens (tertiary/aromatic N) is 3. The minimum absolute atomic E-state index is 0.615. The Hall–Kier alpha value is -7.75. The van der Waals surface area contributed by atoms with E-state index in [9.17, 15) is 0 Å². The van der Waals surface area contributed by atoms with Crippen molar-refractivity contribution in [2.75, 3.05) is 0 Å². The van der Waals surface area contributed by atoms with Crippen LogP contribution >= 0.6 is 0 Å². The molecule has 0 unspecified atom stereocenters. The second-order valence-corrected chi connectivity index (χ2v) is 14.4. The molecule has 10 rings (SSSR count). The average Bonchev–Trinajstić information content (AvgIpc) is 3.32. The predicted molar refractivity (Wildman–Crippen MR) is 241 cm³/mol. The molecule has 0 saturated heterocycles. The highest BCUT2D eigenvalue weighted by atomic mass is 15.0. The smallest absolute Gasteiger partial charge is 0.164 e. The van der Waals surface area contributed by atoms with E-state index in [1.807, 2.05) is 12.1 Å². The first-order valence-corrected chi connectivity index (χ1v) is 19.6. The van der Waals surface area contributed by atoms with Crippen molar-refractivity contribution in [3.63, 3.8) is 0 Å². The highest BCUT2D eigenvalue weighted by molar-refractivity contribution is 5.97. The Labute approximate surface area is 338 Å². The van der Waals surface area contributed by atoms with Gasteiger partial charge in [-0.05, 0) is 66.9 Å². The van der Waals surface area contributed by atoms with Gasteiger partial charge in [0, 0.05) is 22.3 Å². The normalized spacial score (nSPS) is 11.1. The number of fused-ring (bicyclic) bond motifs is 1. The van der Waals surface area contributed by atoms with Crippen molar-refractivity contribution in [2.45, 2.75) is 0 Å². The van der Waals surface area contributed by atoms with Gasteiger partial charge < -0.3 is 0 Å². The van der Waals surface area contributed by atoms with E-state index in [0.717, 1.165) is 66.8 Å². The summed E-state index contributed by atoms with van der Waals surface area (Å²) in [6, 6.07) is 78.9. The number of aromatic nitrogens is 3. The van der Waals surface area contributed by atoms with Crippen LogP contribution in [-0.2, 0) is 0 Å². The van der Waals surface area contributed by atoms with E-state index in [4.69, 9.17) is 15.0 Å². The van der Waals surface area contributed by atoms with Crippen molar-refractivity contribution in [1.29, 1.82) is 0 Å². The fourth-order valence-corrected chi connectivity index (χ4v) is 7.75. The Balaban J connectivity index is 1.16. The third-order valence-electron chi connectivity index (χ3n) is 10.8. The Morgan fingerprint density at radius 2 is 0.569 bits per heavy atom. The molecule has 1 heterocycles. The number of hydrogen-bond acceptors (Lipinski definition) is 3. The van der Waals surface area contributed by atoms with E-state index in [1.54, 1.807) is 0 Å². The van der Waals surface area contributed by atoms with Gasteiger partial charge in [-0.2, -0.15) is 0 Å². The minimum atomic E-state index is 0.615. The average molecular weight is 740 g/mol. The van der Waals surface area contributed by atoms with Gasteiger partial charge in [0.1, 0.15) is 0 Å². The molecule has 0 saturated carbocycles. The topological polar surface area (TPSA) is 38.7 Å². The Morgan fingerprint density at radius 1 is 0.207 bits per heavy atom. The third-order valence-corrected chi connectivity index (χ3v) is 10.8. The van der Waals surface area contributed by atoms with Gasteiger partial charge in [0.2, 0.25) is 0 Å². The van der Waals surface area contributed by atoms with Gasteiger partial charge in [-0.25, -0.2) is 15.0 Å². The van der Waals surface area contributed by atoms with Crippen molar-refractivity contribution in [3.05, 3.63) is 224 Å². The molecule has 3 nitrogen and oxygen atoms in total. The monoisotopic (exact) mass is 739 g/mol. The maximum atomic E-state index is 5.28. The van der Waals surface area contributed by atoms with Crippen molar-refractivity contribution >= 4 is 10.8 Å². The van der Waals surface area contributed by atoms with E-state index < -0.39 is 0 Å². The summed E-state index contributed by atoms with van der Waals surface area (Å²) in [5.41, 5.74) is 14.1. The van der Waals surface area contributed by atoms with Crippen molar-refractivity contribution in [1.82, 2.24) is 15.0 Å². The van der Waals surface area contributed by atoms with Gasteiger partial charge in [-0.1, -0.05) is 218 Å². The third kappa shape index (κ3) is 6.98. The maximum absolute atomic E-state index is 5.28. The molecule has 0 amide bonds. The lowest BCUT2D eigenvalue weighted by Crippen LogP contribution is -2.02. The van der Waals surface area contributed by atoms with Crippen LogP contribution in [0.1, 0.15) is 0 Å². The van der Waals surface area contributed by atoms with Gasteiger partial charge in [0.05, 0.1) is 0 Å². The summed E-state index contributed by atoms with van der Waals surface area (Å²) in [7, 11) is 0. The van der Waals surface area contributed by atoms with Crippen molar-refractivity contribution in [2.24, 2.45) is 0 Å². The van der Waals surface area contributed by atoms with Gasteiger partial charge in [0.15, 0.2) is 17.5 Å². The Kier molecular flexibility index (Phi) is 9.23. The lowest BCUT2D eigenvalue weighted by Gasteiger charge is -2.17. The summed E-state index contributed by atoms with van der Waals surface area (Å²) in [4.78, 5) is 15.7. The summed E-state index contributed by atoms with van der Waals surface area (Å²) in [6.45, 7) is 0. The zero-order valence-electron chi connectivity index (χ0n) is 31.7. The summed E-state index contributed by atoms with van der Waals surface area (Å²) in [5, 5.41) is 2.40. The first-order valence-electron chi connectivity index (χ1n) is 19.6. The number of benzene rings is 9. The fourth-order valence-electron chi connectivity index (χ4n) is 7.75. The SMILES string of the molecule is c1ccc(-c2ccc(-c3nc(-c4ccc(-c5ccccc5)cc4)nc(-c4cccc(-c5ccc6ccccc6c5)c4-c4ccc(-c5ccccc5)cc4)n3)cc2)cc1. The largest absolute Gasteiger partial charge is 0.208 e. The highest BCUT2D eigenvalue weighted by Crippen LogP contribution is 2.41. The van der Waals surface area contributed by atoms with Crippen LogP contribution in [0.4, 0.5) is 0 Å². The van der Waals surface area contributed by atoms with Crippen LogP contribution in [0, 0.1) is 0 Å². The molecule has 3 heteroatoms. The molecule has 0 atom stereocenters. The van der Waals surface area contributed by atoms with Crippen molar-refractivity contribution in [3.8, 4) is 89.8 Å². The molecule has 1 aromatic heterocycles. The van der Waals surface area contributed by atoms with Gasteiger partial charge in [-0.15, -0.1) is 0 Å². The lowest BCUT2D eigenvalue weighted by atomic mass is 9.88. The van der Waals surface area contributed by atoms with E-state index in [1.165, 1.54) is 16.3 Å². The minimum Gasteiger partial charge on any atom is -0.208 e. The van der Waals surface area contributed by atoms with Gasteiger partial charge in [-0.3, -0.25) is 0 Å². The second-order valence-electron chi connectivity index (χ2n) is 14.4. The van der Waals surface area contributed by atoms with E-state index in [2.05, 4.69) is 212 Å². The lowest BCUT2D eigenvalue weighted by molar-refractivity contribution is 1.07. The summed E-state index contributed by atoms with van der Waals surface area (Å²) in [5.74, 6) is 1.85. The molecule has 0 radical (unpaired) electrons. The molecule has 9 aromatic carbocycles. The molecule has 58 heavy (non-hydrogen) atoms. The molecule has 0 bridgehead atoms. The molecule has 0 aliphatic heterocycles. The zero-order valence-corrected chi connectivity index (χ0v) is 31.7. The zero-order chi connectivity index (χ0) is 38.7. The first kappa shape index (κ1) is 34.7. The van der Waals surface area contributed by atoms with Gasteiger partial charge >= 0.3 is 0 Å². The molecule has 0 fully saturated rings. The molecular formula is C55H37N3. The van der Waals surface area contributed by atoms with E-state index in [0.29, 0.717) is 17.5 Å². The summed E-state index contributed by atoms with van der Waals surface area (Å²) >= 11 is 0. The molecule has 0 aliphatic rings. The van der Waals surface area contributed by atoms with Crippen LogP contribution in [-0.4, -0.2) is 15.0 Å². The van der Waals surface area contributed by atoms with Crippen molar-refractivity contribution < 1.29 is 0 Å². The molecule has 0 spiro atoms. The van der Waals surface area contributed by atoms with E-state index >= 15 is 0 Å². The van der Waals surface area contributed by atoms with Crippen LogP contribution in [0.2, 0.25) is 0 Å². The molecule has 0 N–H and O–H groups in total. The summed E-state index contributed by atoms with van der Waals surface area (Å²) < 4.78 is 0. The predicted octanol–water partition coefficient (Wildman–Crippen LogP) is 14.4. The van der Waals surface area contributed by atoms with Crippen LogP contribution in [0.25, 0.3) is 101 Å². The van der Waals surface area contributed by atoms with Gasteiger partial charge in [0.25, 0.3) is 0 Å². The van der Waals surface area contributed by atoms with Crippen LogP contribution in [0.15, 0.2) is 224 Å². The Bertz CT molecular complexity index is 2890. The number of hydrogen-bond donors (Lipinski definition) is 0.